The van der Waals surface area contributed by atoms with Crippen LogP contribution in [0.1, 0.15) is 66.2 Å². The maximum Gasteiger partial charge on any atom is 0.179 e. The molecule has 1 aliphatic rings. The van der Waals surface area contributed by atoms with Crippen molar-refractivity contribution < 1.29 is 9.47 Å². The quantitative estimate of drug-likeness (QED) is 0.109. The summed E-state index contributed by atoms with van der Waals surface area (Å²) in [7, 11) is 0. The molecule has 0 amide bonds. The molecule has 1 rings (SSSR count). The average molecular weight is 530 g/mol. The highest BCUT2D eigenvalue weighted by Crippen LogP contribution is 2.26. The molecular weight excluding hydrogens is 479 g/mol. The minimum absolute atomic E-state index is 0.558. The molecule has 0 spiro atoms. The van der Waals surface area contributed by atoms with E-state index >= 15 is 0 Å². The van der Waals surface area contributed by atoms with E-state index < -0.39 is 0 Å². The van der Waals surface area contributed by atoms with Gasteiger partial charge in [-0.05, 0) is 38.0 Å². The molecule has 3 nitrogen and oxygen atoms in total. The highest BCUT2D eigenvalue weighted by molar-refractivity contribution is 8.04. The van der Waals surface area contributed by atoms with Crippen LogP contribution in [0.3, 0.4) is 0 Å². The number of ether oxygens (including phenoxy) is 2. The average Bonchev–Trinajstić information content (AvgIpc) is 3.02. The van der Waals surface area contributed by atoms with Crippen molar-refractivity contribution in [3.05, 3.63) is 49.1 Å². The first-order valence-electron chi connectivity index (χ1n) is 12.7. The van der Waals surface area contributed by atoms with Gasteiger partial charge in [-0.25, -0.2) is 0 Å². The second kappa shape index (κ2) is 22.8. The Labute approximate surface area is 224 Å². The number of unbranched alkanes of at least 4 members (excludes halogenated alkanes) is 4. The van der Waals surface area contributed by atoms with Gasteiger partial charge in [0.1, 0.15) is 6.61 Å². The topological polar surface area (TPSA) is 30.5 Å². The molecule has 0 saturated carbocycles. The Balaban J connectivity index is 0.000000686. The van der Waals surface area contributed by atoms with E-state index in [0.717, 1.165) is 66.6 Å². The van der Waals surface area contributed by atoms with Crippen molar-refractivity contribution in [2.45, 2.75) is 71.5 Å². The van der Waals surface area contributed by atoms with Crippen molar-refractivity contribution in [2.75, 3.05) is 48.5 Å². The van der Waals surface area contributed by atoms with Crippen LogP contribution < -0.4 is 5.32 Å². The number of nitrogens with one attached hydrogen (secondary N) is 1. The molecule has 1 heterocycles. The summed E-state index contributed by atoms with van der Waals surface area (Å²) in [4.78, 5) is 0. The smallest absolute Gasteiger partial charge is 0.179 e. The van der Waals surface area contributed by atoms with E-state index in [1.54, 1.807) is 0 Å². The Morgan fingerprint density at radius 3 is 2.53 bits per heavy atom. The molecule has 0 aromatic heterocycles. The van der Waals surface area contributed by atoms with Gasteiger partial charge in [0.25, 0.3) is 0 Å². The van der Waals surface area contributed by atoms with E-state index in [4.69, 9.17) is 9.47 Å². The van der Waals surface area contributed by atoms with Gasteiger partial charge < -0.3 is 14.8 Å². The van der Waals surface area contributed by atoms with E-state index in [1.165, 1.54) is 43.3 Å². The van der Waals surface area contributed by atoms with E-state index in [2.05, 4.69) is 52.4 Å². The second-order valence-electron chi connectivity index (χ2n) is 9.01. The van der Waals surface area contributed by atoms with Crippen molar-refractivity contribution >= 4 is 35.3 Å². The molecule has 1 fully saturated rings. The predicted octanol–water partition coefficient (Wildman–Crippen LogP) is 8.31. The number of allylic oxidation sites excluding steroid dienone is 1. The van der Waals surface area contributed by atoms with Gasteiger partial charge in [0.2, 0.25) is 0 Å². The van der Waals surface area contributed by atoms with Gasteiger partial charge in [0.05, 0.1) is 12.4 Å². The zero-order chi connectivity index (χ0) is 25.6. The van der Waals surface area contributed by atoms with Gasteiger partial charge in [0.15, 0.2) is 5.88 Å². The van der Waals surface area contributed by atoms with Gasteiger partial charge in [-0.3, -0.25) is 0 Å². The summed E-state index contributed by atoms with van der Waals surface area (Å²) in [6.45, 7) is 26.7. The van der Waals surface area contributed by atoms with Crippen LogP contribution in [0.4, 0.5) is 0 Å². The lowest BCUT2D eigenvalue weighted by Crippen LogP contribution is -2.21. The predicted molar refractivity (Wildman–Crippen MR) is 161 cm³/mol. The molecule has 1 aliphatic heterocycles. The summed E-state index contributed by atoms with van der Waals surface area (Å²) in [6, 6.07) is 0. The lowest BCUT2D eigenvalue weighted by molar-refractivity contribution is 0.184. The van der Waals surface area contributed by atoms with Crippen LogP contribution in [-0.2, 0) is 9.47 Å². The Bertz CT molecular complexity index is 580. The fraction of sp³-hybridized carbons (Fsp3) is 0.714. The molecular formula is C28H51NO2S3. The van der Waals surface area contributed by atoms with Crippen LogP contribution in [0.15, 0.2) is 49.1 Å². The number of rotatable bonds is 18. The van der Waals surface area contributed by atoms with Crippen molar-refractivity contribution in [3.8, 4) is 0 Å². The van der Waals surface area contributed by atoms with Crippen LogP contribution in [0.2, 0.25) is 0 Å². The lowest BCUT2D eigenvalue weighted by Gasteiger charge is -2.16. The van der Waals surface area contributed by atoms with Crippen LogP contribution >= 0.6 is 35.3 Å². The normalized spacial score (nSPS) is 16.5. The van der Waals surface area contributed by atoms with Gasteiger partial charge in [-0.2, -0.15) is 23.5 Å². The standard InChI is InChI=1S/C16H29NOS2.C12H22OS/c1-4-5-6-7-8-9-17-15(3)18-10-16-13-19-11-14(2)12-20-16;1-6-11(4)8-14-9-12(5)7-13-10(2)3/h16-17H,2-13H2,1H3;12H,2,4,6-9H2,1,3,5H3. The zero-order valence-electron chi connectivity index (χ0n) is 22.4. The Kier molecular flexibility index (Phi) is 22.5. The first-order chi connectivity index (χ1) is 16.3. The minimum atomic E-state index is 0.558. The molecule has 0 aromatic carbocycles. The van der Waals surface area contributed by atoms with Gasteiger partial charge in [-0.1, -0.05) is 77.3 Å². The van der Waals surface area contributed by atoms with Crippen LogP contribution in [0.25, 0.3) is 0 Å². The third-order valence-corrected chi connectivity index (χ3v) is 9.23. The van der Waals surface area contributed by atoms with E-state index in [1.807, 2.05) is 42.2 Å². The van der Waals surface area contributed by atoms with Gasteiger partial charge in [-0.15, -0.1) is 11.8 Å². The summed E-state index contributed by atoms with van der Waals surface area (Å²) in [6.07, 6.45) is 7.57. The van der Waals surface area contributed by atoms with E-state index in [0.29, 0.717) is 11.2 Å². The highest BCUT2D eigenvalue weighted by Gasteiger charge is 2.15. The summed E-state index contributed by atoms with van der Waals surface area (Å²) in [5.41, 5.74) is 2.66. The molecule has 0 bridgehead atoms. The first kappa shape index (κ1) is 33.4. The second-order valence-corrected chi connectivity index (χ2v) is 12.4. The van der Waals surface area contributed by atoms with Crippen LogP contribution in [-0.4, -0.2) is 53.8 Å². The summed E-state index contributed by atoms with van der Waals surface area (Å²) >= 11 is 5.86. The molecule has 0 aromatic rings. The monoisotopic (exact) mass is 529 g/mol. The number of hydrogen-bond donors (Lipinski definition) is 1. The fourth-order valence-corrected chi connectivity index (χ4v) is 6.31. The Hall–Kier alpha value is -0.590. The van der Waals surface area contributed by atoms with Crippen molar-refractivity contribution in [2.24, 2.45) is 5.92 Å². The van der Waals surface area contributed by atoms with E-state index in [-0.39, 0.29) is 0 Å². The number of hydrogen-bond acceptors (Lipinski definition) is 6. The zero-order valence-corrected chi connectivity index (χ0v) is 24.9. The van der Waals surface area contributed by atoms with Crippen LogP contribution in [0.5, 0.6) is 0 Å². The maximum atomic E-state index is 5.73. The minimum Gasteiger partial charge on any atom is -0.499 e. The van der Waals surface area contributed by atoms with Crippen molar-refractivity contribution in [1.29, 1.82) is 0 Å². The molecule has 1 N–H and O–H groups in total. The SMILES string of the molecule is C=C(CC)CSCC(C)COC(=C)C.C=C1CSCC(COC(=C)NCCCCCCC)SC1. The third kappa shape index (κ3) is 21.9. The molecule has 1 saturated heterocycles. The molecule has 2 atom stereocenters. The third-order valence-electron chi connectivity index (χ3n) is 5.00. The summed E-state index contributed by atoms with van der Waals surface area (Å²) < 4.78 is 11.1. The molecule has 6 heteroatoms. The van der Waals surface area contributed by atoms with Gasteiger partial charge in [0, 0.05) is 34.8 Å². The fourth-order valence-electron chi connectivity index (χ4n) is 2.80. The van der Waals surface area contributed by atoms with Crippen LogP contribution in [0, 0.1) is 5.92 Å². The Morgan fingerprint density at radius 1 is 1.12 bits per heavy atom. The maximum absolute atomic E-state index is 5.73. The largest absolute Gasteiger partial charge is 0.499 e. The molecule has 198 valence electrons. The van der Waals surface area contributed by atoms with Crippen molar-refractivity contribution in [1.82, 2.24) is 5.32 Å². The lowest BCUT2D eigenvalue weighted by atomic mass is 10.1. The first-order valence-corrected chi connectivity index (χ1v) is 16.1. The molecule has 0 radical (unpaired) electrons. The molecule has 0 aliphatic carbocycles. The molecule has 34 heavy (non-hydrogen) atoms. The summed E-state index contributed by atoms with van der Waals surface area (Å²) in [5, 5.41) is 3.83. The number of thioether (sulfide) groups is 3. The highest BCUT2D eigenvalue weighted by atomic mass is 32.2. The molecule has 2 unspecified atom stereocenters. The Morgan fingerprint density at radius 2 is 1.85 bits per heavy atom. The summed E-state index contributed by atoms with van der Waals surface area (Å²) in [5.74, 6) is 7.64. The van der Waals surface area contributed by atoms with Crippen molar-refractivity contribution in [3.63, 3.8) is 0 Å². The van der Waals surface area contributed by atoms with E-state index in [9.17, 15) is 0 Å². The van der Waals surface area contributed by atoms with Gasteiger partial charge >= 0.3 is 0 Å².